The maximum Gasteiger partial charge on any atom is 0.253 e. The second kappa shape index (κ2) is 5.42. The fourth-order valence-electron chi connectivity index (χ4n) is 2.84. The number of fused-ring (bicyclic) bond motifs is 2. The van der Waals surface area contributed by atoms with Crippen LogP contribution in [0.5, 0.6) is 0 Å². The molecule has 0 unspecified atom stereocenters. The molecule has 0 saturated heterocycles. The number of anilines is 2. The van der Waals surface area contributed by atoms with Crippen molar-refractivity contribution in [2.45, 2.75) is 6.92 Å². The van der Waals surface area contributed by atoms with E-state index in [1.54, 1.807) is 17.8 Å². The fraction of sp³-hybridized carbons (Fsp3) is 0.111. The highest BCUT2D eigenvalue weighted by Crippen LogP contribution is 2.24. The summed E-state index contributed by atoms with van der Waals surface area (Å²) < 4.78 is 1.66. The Balaban J connectivity index is 1.82. The lowest BCUT2D eigenvalue weighted by Crippen LogP contribution is -2.19. The molecule has 1 N–H and O–H groups in total. The summed E-state index contributed by atoms with van der Waals surface area (Å²) in [4.78, 5) is 24.9. The van der Waals surface area contributed by atoms with Crippen molar-refractivity contribution in [2.24, 2.45) is 7.05 Å². The summed E-state index contributed by atoms with van der Waals surface area (Å²) in [5.74, 6) is 0.654. The first-order valence-corrected chi connectivity index (χ1v) is 7.56. The van der Waals surface area contributed by atoms with Gasteiger partial charge in [-0.3, -0.25) is 9.78 Å². The average Bonchev–Trinajstić information content (AvgIpc) is 2.60. The molecule has 0 spiro atoms. The van der Waals surface area contributed by atoms with Gasteiger partial charge in [-0.15, -0.1) is 0 Å². The largest absolute Gasteiger partial charge is 0.338 e. The molecule has 118 valence electrons. The molecule has 24 heavy (non-hydrogen) atoms. The molecule has 4 aromatic rings. The molecule has 0 fully saturated rings. The van der Waals surface area contributed by atoms with E-state index in [-0.39, 0.29) is 5.56 Å². The van der Waals surface area contributed by atoms with Gasteiger partial charge in [0.25, 0.3) is 5.56 Å². The lowest BCUT2D eigenvalue weighted by atomic mass is 10.1. The van der Waals surface area contributed by atoms with E-state index in [0.29, 0.717) is 5.82 Å². The van der Waals surface area contributed by atoms with E-state index in [2.05, 4.69) is 20.3 Å². The predicted molar refractivity (Wildman–Crippen MR) is 94.5 cm³/mol. The molecule has 6 heteroatoms. The van der Waals surface area contributed by atoms with Gasteiger partial charge >= 0.3 is 0 Å². The number of benzene rings is 1. The van der Waals surface area contributed by atoms with Crippen molar-refractivity contribution in [3.05, 3.63) is 64.8 Å². The van der Waals surface area contributed by atoms with Gasteiger partial charge in [0.15, 0.2) is 5.82 Å². The monoisotopic (exact) mass is 317 g/mol. The van der Waals surface area contributed by atoms with Gasteiger partial charge < -0.3 is 9.88 Å². The SMILES string of the molecule is Cc1cc2cc(Nc3ncnc4cccnc34)ccc2n(C)c1=O. The standard InChI is InChI=1S/C18H15N5O/c1-11-8-12-9-13(5-6-15(12)23(2)18(11)24)22-17-16-14(20-10-21-17)4-3-7-19-16/h3-10H,1-2H3,(H,20,21,22). The minimum atomic E-state index is 0.0224. The lowest BCUT2D eigenvalue weighted by molar-refractivity contribution is 0.893. The summed E-state index contributed by atoms with van der Waals surface area (Å²) in [7, 11) is 1.78. The molecule has 0 saturated carbocycles. The van der Waals surface area contributed by atoms with Crippen LogP contribution in [0, 0.1) is 6.92 Å². The van der Waals surface area contributed by atoms with Gasteiger partial charge in [0.05, 0.1) is 11.0 Å². The van der Waals surface area contributed by atoms with Crippen molar-refractivity contribution in [1.29, 1.82) is 0 Å². The summed E-state index contributed by atoms with van der Waals surface area (Å²) >= 11 is 0. The van der Waals surface area contributed by atoms with Crippen molar-refractivity contribution in [1.82, 2.24) is 19.5 Å². The van der Waals surface area contributed by atoms with Crippen LogP contribution in [-0.4, -0.2) is 19.5 Å². The maximum absolute atomic E-state index is 12.0. The summed E-state index contributed by atoms with van der Waals surface area (Å²) in [5.41, 5.74) is 4.02. The smallest absolute Gasteiger partial charge is 0.253 e. The topological polar surface area (TPSA) is 72.7 Å². The molecular formula is C18H15N5O. The van der Waals surface area contributed by atoms with E-state index < -0.39 is 0 Å². The molecule has 3 aromatic heterocycles. The second-order valence-electron chi connectivity index (χ2n) is 5.68. The average molecular weight is 317 g/mol. The molecule has 0 bridgehead atoms. The number of rotatable bonds is 2. The Morgan fingerprint density at radius 1 is 1.08 bits per heavy atom. The Morgan fingerprint density at radius 3 is 2.83 bits per heavy atom. The number of aromatic nitrogens is 4. The highest BCUT2D eigenvalue weighted by molar-refractivity contribution is 5.89. The number of nitrogens with zero attached hydrogens (tertiary/aromatic N) is 4. The Hall–Kier alpha value is -3.28. The normalized spacial score (nSPS) is 11.1. The molecule has 0 radical (unpaired) electrons. The Kier molecular flexibility index (Phi) is 3.23. The predicted octanol–water partition coefficient (Wildman–Crippen LogP) is 2.93. The maximum atomic E-state index is 12.0. The molecule has 0 atom stereocenters. The van der Waals surface area contributed by atoms with Crippen LogP contribution in [-0.2, 0) is 7.05 Å². The van der Waals surface area contributed by atoms with E-state index in [1.165, 1.54) is 6.33 Å². The van der Waals surface area contributed by atoms with E-state index in [1.807, 2.05) is 43.3 Å². The molecule has 0 aliphatic carbocycles. The number of nitrogens with one attached hydrogen (secondary N) is 1. The quantitative estimate of drug-likeness (QED) is 0.615. The van der Waals surface area contributed by atoms with Gasteiger partial charge in [-0.05, 0) is 43.3 Å². The highest BCUT2D eigenvalue weighted by atomic mass is 16.1. The van der Waals surface area contributed by atoms with Gasteiger partial charge in [0.1, 0.15) is 11.8 Å². The fourth-order valence-corrected chi connectivity index (χ4v) is 2.84. The van der Waals surface area contributed by atoms with E-state index in [9.17, 15) is 4.79 Å². The van der Waals surface area contributed by atoms with E-state index in [4.69, 9.17) is 0 Å². The summed E-state index contributed by atoms with van der Waals surface area (Å²) in [6.07, 6.45) is 3.23. The van der Waals surface area contributed by atoms with Crippen LogP contribution in [0.2, 0.25) is 0 Å². The third kappa shape index (κ3) is 2.28. The van der Waals surface area contributed by atoms with Crippen LogP contribution >= 0.6 is 0 Å². The highest BCUT2D eigenvalue weighted by Gasteiger charge is 2.07. The third-order valence-corrected chi connectivity index (χ3v) is 4.06. The zero-order chi connectivity index (χ0) is 16.7. The minimum Gasteiger partial charge on any atom is -0.338 e. The zero-order valence-electron chi connectivity index (χ0n) is 13.3. The van der Waals surface area contributed by atoms with Crippen molar-refractivity contribution < 1.29 is 0 Å². The second-order valence-corrected chi connectivity index (χ2v) is 5.68. The third-order valence-electron chi connectivity index (χ3n) is 4.06. The van der Waals surface area contributed by atoms with Gasteiger partial charge in [-0.1, -0.05) is 0 Å². The molecule has 1 aromatic carbocycles. The van der Waals surface area contributed by atoms with Crippen LogP contribution < -0.4 is 10.9 Å². The molecule has 4 rings (SSSR count). The van der Waals surface area contributed by atoms with E-state index >= 15 is 0 Å². The first-order chi connectivity index (χ1) is 11.6. The zero-order valence-corrected chi connectivity index (χ0v) is 13.3. The Labute approximate surface area is 137 Å². The summed E-state index contributed by atoms with van der Waals surface area (Å²) in [6, 6.07) is 11.5. The molecule has 6 nitrogen and oxygen atoms in total. The van der Waals surface area contributed by atoms with E-state index in [0.717, 1.165) is 33.2 Å². The molecule has 0 aliphatic heterocycles. The summed E-state index contributed by atoms with van der Waals surface area (Å²) in [5, 5.41) is 4.28. The first-order valence-electron chi connectivity index (χ1n) is 7.56. The first kappa shape index (κ1) is 14.3. The van der Waals surface area contributed by atoms with Crippen molar-refractivity contribution in [3.8, 4) is 0 Å². The van der Waals surface area contributed by atoms with Crippen LogP contribution in [0.1, 0.15) is 5.56 Å². The van der Waals surface area contributed by atoms with Gasteiger partial charge in [0, 0.05) is 29.9 Å². The Bertz CT molecular complexity index is 1130. The van der Waals surface area contributed by atoms with Crippen LogP contribution in [0.4, 0.5) is 11.5 Å². The number of aryl methyl sites for hydroxylation is 2. The molecule has 3 heterocycles. The minimum absolute atomic E-state index is 0.0224. The lowest BCUT2D eigenvalue weighted by Gasteiger charge is -2.11. The van der Waals surface area contributed by atoms with Gasteiger partial charge in [-0.2, -0.15) is 0 Å². The van der Waals surface area contributed by atoms with Crippen molar-refractivity contribution >= 4 is 33.4 Å². The molecular weight excluding hydrogens is 302 g/mol. The van der Waals surface area contributed by atoms with Crippen LogP contribution in [0.3, 0.4) is 0 Å². The van der Waals surface area contributed by atoms with Crippen LogP contribution in [0.15, 0.2) is 53.7 Å². The van der Waals surface area contributed by atoms with Crippen molar-refractivity contribution in [3.63, 3.8) is 0 Å². The number of hydrogen-bond acceptors (Lipinski definition) is 5. The van der Waals surface area contributed by atoms with Gasteiger partial charge in [-0.25, -0.2) is 9.97 Å². The number of hydrogen-bond donors (Lipinski definition) is 1. The Morgan fingerprint density at radius 2 is 1.96 bits per heavy atom. The van der Waals surface area contributed by atoms with Crippen LogP contribution in [0.25, 0.3) is 21.9 Å². The van der Waals surface area contributed by atoms with Crippen molar-refractivity contribution in [2.75, 3.05) is 5.32 Å². The molecule has 0 amide bonds. The number of pyridine rings is 2. The summed E-state index contributed by atoms with van der Waals surface area (Å²) in [6.45, 7) is 1.82. The molecule has 0 aliphatic rings. The van der Waals surface area contributed by atoms with Gasteiger partial charge in [0.2, 0.25) is 0 Å².